The number of rotatable bonds is 9. The molecule has 0 amide bonds. The van der Waals surface area contributed by atoms with E-state index in [-0.39, 0.29) is 5.60 Å². The van der Waals surface area contributed by atoms with Crippen molar-refractivity contribution in [3.63, 3.8) is 0 Å². The van der Waals surface area contributed by atoms with Crippen molar-refractivity contribution in [3.8, 4) is 0 Å². The van der Waals surface area contributed by atoms with Crippen LogP contribution >= 0.6 is 0 Å². The predicted molar refractivity (Wildman–Crippen MR) is 162 cm³/mol. The SMILES string of the molecule is CC1CCC2C(C1)C1C(C3CCCCC3C1C(C)(C)C1CC(CCCCCCOC(C)(C)C)CC1C)N2C. The van der Waals surface area contributed by atoms with E-state index in [0.29, 0.717) is 5.41 Å². The zero-order chi connectivity index (χ0) is 27.2. The fraction of sp³-hybridized carbons (Fsp3) is 1.00. The quantitative estimate of drug-likeness (QED) is 0.277. The Balaban J connectivity index is 1.23. The van der Waals surface area contributed by atoms with Crippen molar-refractivity contribution in [2.45, 2.75) is 156 Å². The summed E-state index contributed by atoms with van der Waals surface area (Å²) < 4.78 is 5.93. The normalized spacial score (nSPS) is 43.7. The van der Waals surface area contributed by atoms with Gasteiger partial charge in [-0.1, -0.05) is 66.2 Å². The van der Waals surface area contributed by atoms with E-state index in [1.807, 2.05) is 0 Å². The van der Waals surface area contributed by atoms with Crippen LogP contribution in [0.3, 0.4) is 0 Å². The van der Waals surface area contributed by atoms with Crippen LogP contribution in [0.1, 0.15) is 138 Å². The van der Waals surface area contributed by atoms with Gasteiger partial charge < -0.3 is 4.74 Å². The lowest BCUT2D eigenvalue weighted by atomic mass is 9.56. The highest BCUT2D eigenvalue weighted by atomic mass is 16.5. The summed E-state index contributed by atoms with van der Waals surface area (Å²) in [5.74, 6) is 8.72. The third kappa shape index (κ3) is 5.80. The van der Waals surface area contributed by atoms with Crippen molar-refractivity contribution in [2.75, 3.05) is 13.7 Å². The minimum absolute atomic E-state index is 0.0167. The number of likely N-dealkylation sites (tertiary alicyclic amines) is 1. The zero-order valence-corrected chi connectivity index (χ0v) is 26.8. The standard InChI is InChI=1S/C36H65NO/c1-24-18-19-31-29(21-24)32-33(27-16-12-13-17-28(27)34(32)37(31)8)36(6,7)30-23-26(22-25(30)2)15-11-9-10-14-20-38-35(3,4)5/h24-34H,9-23H2,1-8H3. The highest BCUT2D eigenvalue weighted by Gasteiger charge is 2.65. The van der Waals surface area contributed by atoms with Crippen LogP contribution in [-0.4, -0.2) is 36.2 Å². The molecule has 1 aliphatic heterocycles. The van der Waals surface area contributed by atoms with Gasteiger partial charge in [0.05, 0.1) is 5.60 Å². The van der Waals surface area contributed by atoms with Gasteiger partial charge in [-0.2, -0.15) is 0 Å². The second-order valence-electron chi connectivity index (χ2n) is 16.9. The first-order valence-electron chi connectivity index (χ1n) is 17.3. The van der Waals surface area contributed by atoms with E-state index in [4.69, 9.17) is 4.74 Å². The van der Waals surface area contributed by atoms with E-state index in [1.54, 1.807) is 0 Å². The fourth-order valence-corrected chi connectivity index (χ4v) is 11.7. The van der Waals surface area contributed by atoms with Gasteiger partial charge in [-0.05, 0) is 138 Å². The summed E-state index contributed by atoms with van der Waals surface area (Å²) in [6.07, 6.45) is 20.4. The molecule has 0 radical (unpaired) electrons. The van der Waals surface area contributed by atoms with Crippen molar-refractivity contribution < 1.29 is 4.74 Å². The molecule has 2 heteroatoms. The average molecular weight is 528 g/mol. The molecule has 1 saturated heterocycles. The molecule has 0 bridgehead atoms. The van der Waals surface area contributed by atoms with Crippen molar-refractivity contribution in [1.29, 1.82) is 0 Å². The molecular weight excluding hydrogens is 462 g/mol. The lowest BCUT2D eigenvalue weighted by molar-refractivity contribution is -0.00485. The Bertz CT molecular complexity index is 768. The molecule has 0 spiro atoms. The number of ether oxygens (including phenoxy) is 1. The molecule has 220 valence electrons. The summed E-state index contributed by atoms with van der Waals surface area (Å²) >= 11 is 0. The third-order valence-electron chi connectivity index (χ3n) is 13.0. The Morgan fingerprint density at radius 2 is 1.47 bits per heavy atom. The van der Waals surface area contributed by atoms with Crippen LogP contribution in [0.4, 0.5) is 0 Å². The van der Waals surface area contributed by atoms with Gasteiger partial charge in [-0.25, -0.2) is 0 Å². The molecule has 0 aromatic rings. The van der Waals surface area contributed by atoms with Crippen molar-refractivity contribution >= 4 is 0 Å². The number of hydrogen-bond donors (Lipinski definition) is 0. The summed E-state index contributed by atoms with van der Waals surface area (Å²) in [5, 5.41) is 0. The summed E-state index contributed by atoms with van der Waals surface area (Å²) in [7, 11) is 2.56. The number of fused-ring (bicyclic) bond motifs is 5. The van der Waals surface area contributed by atoms with E-state index in [0.717, 1.165) is 72.0 Å². The lowest BCUT2D eigenvalue weighted by Crippen LogP contribution is -2.44. The van der Waals surface area contributed by atoms with Gasteiger partial charge in [0.25, 0.3) is 0 Å². The molecule has 0 aromatic carbocycles. The Kier molecular flexibility index (Phi) is 9.02. The smallest absolute Gasteiger partial charge is 0.0598 e. The first kappa shape index (κ1) is 29.4. The highest BCUT2D eigenvalue weighted by Crippen LogP contribution is 2.67. The van der Waals surface area contributed by atoms with Gasteiger partial charge in [0.2, 0.25) is 0 Å². The van der Waals surface area contributed by atoms with Gasteiger partial charge in [0, 0.05) is 18.7 Å². The van der Waals surface area contributed by atoms with Gasteiger partial charge in [-0.3, -0.25) is 4.90 Å². The molecule has 1 heterocycles. The summed E-state index contributed by atoms with van der Waals surface area (Å²) in [5.41, 5.74) is 0.511. The van der Waals surface area contributed by atoms with Crippen LogP contribution in [0.15, 0.2) is 0 Å². The maximum atomic E-state index is 5.93. The van der Waals surface area contributed by atoms with E-state index in [1.165, 1.54) is 89.9 Å². The van der Waals surface area contributed by atoms with Gasteiger partial charge in [0.1, 0.15) is 0 Å². The minimum Gasteiger partial charge on any atom is -0.376 e. The second-order valence-corrected chi connectivity index (χ2v) is 16.9. The van der Waals surface area contributed by atoms with Crippen LogP contribution < -0.4 is 0 Å². The van der Waals surface area contributed by atoms with Gasteiger partial charge in [-0.15, -0.1) is 0 Å². The summed E-state index contributed by atoms with van der Waals surface area (Å²) in [6, 6.07) is 1.80. The third-order valence-corrected chi connectivity index (χ3v) is 13.0. The molecule has 0 aromatic heterocycles. The number of hydrogen-bond acceptors (Lipinski definition) is 2. The molecule has 2 nitrogen and oxygen atoms in total. The summed E-state index contributed by atoms with van der Waals surface area (Å²) in [4.78, 5) is 2.98. The van der Waals surface area contributed by atoms with Crippen LogP contribution in [0, 0.1) is 58.7 Å². The van der Waals surface area contributed by atoms with Crippen LogP contribution in [-0.2, 0) is 4.74 Å². The molecule has 4 aliphatic carbocycles. The average Bonchev–Trinajstić information content (AvgIpc) is 3.48. The second kappa shape index (κ2) is 11.7. The van der Waals surface area contributed by atoms with Gasteiger partial charge in [0.15, 0.2) is 0 Å². The zero-order valence-electron chi connectivity index (χ0n) is 26.8. The summed E-state index contributed by atoms with van der Waals surface area (Å²) in [6.45, 7) is 18.2. The Labute approximate surface area is 237 Å². The van der Waals surface area contributed by atoms with E-state index < -0.39 is 0 Å². The molecule has 5 rings (SSSR count). The molecule has 11 atom stereocenters. The first-order valence-corrected chi connectivity index (χ1v) is 17.3. The van der Waals surface area contributed by atoms with Crippen molar-refractivity contribution in [1.82, 2.24) is 4.90 Å². The van der Waals surface area contributed by atoms with E-state index in [2.05, 4.69) is 60.4 Å². The molecule has 38 heavy (non-hydrogen) atoms. The monoisotopic (exact) mass is 528 g/mol. The Hall–Kier alpha value is -0.0800. The fourth-order valence-electron chi connectivity index (χ4n) is 11.7. The number of nitrogens with zero attached hydrogens (tertiary/aromatic N) is 1. The van der Waals surface area contributed by atoms with Crippen LogP contribution in [0.2, 0.25) is 0 Å². The van der Waals surface area contributed by atoms with Gasteiger partial charge >= 0.3 is 0 Å². The molecule has 4 saturated carbocycles. The molecule has 0 N–H and O–H groups in total. The Morgan fingerprint density at radius 1 is 0.763 bits per heavy atom. The predicted octanol–water partition coefficient (Wildman–Crippen LogP) is 9.61. The van der Waals surface area contributed by atoms with Crippen LogP contribution in [0.25, 0.3) is 0 Å². The largest absolute Gasteiger partial charge is 0.376 e. The van der Waals surface area contributed by atoms with Crippen molar-refractivity contribution in [2.24, 2.45) is 58.7 Å². The maximum absolute atomic E-state index is 5.93. The molecular formula is C36H65NO. The molecule has 5 fully saturated rings. The highest BCUT2D eigenvalue weighted by molar-refractivity contribution is 5.16. The molecule has 11 unspecified atom stereocenters. The first-order chi connectivity index (χ1) is 18.0. The minimum atomic E-state index is 0.0167. The number of unbranched alkanes of at least 4 members (excludes halogenated alkanes) is 3. The maximum Gasteiger partial charge on any atom is 0.0598 e. The van der Waals surface area contributed by atoms with E-state index in [9.17, 15) is 0 Å². The lowest BCUT2D eigenvalue weighted by Gasteiger charge is -2.49. The Morgan fingerprint density at radius 3 is 2.21 bits per heavy atom. The van der Waals surface area contributed by atoms with E-state index >= 15 is 0 Å². The molecule has 5 aliphatic rings. The van der Waals surface area contributed by atoms with Crippen LogP contribution in [0.5, 0.6) is 0 Å². The topological polar surface area (TPSA) is 12.5 Å². The van der Waals surface area contributed by atoms with Crippen molar-refractivity contribution in [3.05, 3.63) is 0 Å².